The Bertz CT molecular complexity index is 127. The predicted octanol–water partition coefficient (Wildman–Crippen LogP) is 2.34. The molecule has 0 aromatic heterocycles. The minimum Gasteiger partial charge on any atom is -0.380 e. The molecule has 0 bridgehead atoms. The molecule has 0 heterocycles. The lowest BCUT2D eigenvalue weighted by Gasteiger charge is -2.35. The molecule has 1 saturated carbocycles. The Hall–Kier alpha value is 0.880. The number of hydrogen-bond donors (Lipinski definition) is 0. The topological polar surface area (TPSA) is 18.5 Å². The van der Waals surface area contributed by atoms with Crippen molar-refractivity contribution < 1.29 is 9.47 Å². The summed E-state index contributed by atoms with van der Waals surface area (Å²) in [5.41, 5.74) is 0. The molecular formula is C8H14Br2O2. The number of rotatable bonds is 2. The highest BCUT2D eigenvalue weighted by molar-refractivity contribution is 9.10. The van der Waals surface area contributed by atoms with E-state index in [1.165, 1.54) is 0 Å². The summed E-state index contributed by atoms with van der Waals surface area (Å²) in [5, 5.41) is 0. The van der Waals surface area contributed by atoms with Crippen LogP contribution in [0.4, 0.5) is 0 Å². The highest BCUT2D eigenvalue weighted by Crippen LogP contribution is 2.32. The maximum Gasteiger partial charge on any atom is 0.0708 e. The molecule has 0 aliphatic heterocycles. The van der Waals surface area contributed by atoms with Gasteiger partial charge in [-0.1, -0.05) is 31.9 Å². The summed E-state index contributed by atoms with van der Waals surface area (Å²) in [7, 11) is 3.51. The standard InChI is InChI=1S/C8H14Br2O2/c1-11-7-3-6(10)8(12-2)4-5(7)9/h5-8H,3-4H2,1-2H3. The maximum atomic E-state index is 5.33. The molecule has 0 saturated heterocycles. The molecule has 1 fully saturated rings. The van der Waals surface area contributed by atoms with Crippen molar-refractivity contribution in [1.82, 2.24) is 0 Å². The van der Waals surface area contributed by atoms with Gasteiger partial charge >= 0.3 is 0 Å². The Kier molecular flexibility index (Phi) is 4.51. The third-order valence-corrected chi connectivity index (χ3v) is 4.25. The van der Waals surface area contributed by atoms with Crippen molar-refractivity contribution >= 4 is 31.9 Å². The van der Waals surface area contributed by atoms with Gasteiger partial charge in [0, 0.05) is 23.9 Å². The first-order valence-electron chi connectivity index (χ1n) is 4.02. The van der Waals surface area contributed by atoms with Gasteiger partial charge in [-0.3, -0.25) is 0 Å². The lowest BCUT2D eigenvalue weighted by Crippen LogP contribution is -2.41. The summed E-state index contributed by atoms with van der Waals surface area (Å²) in [5.74, 6) is 0. The van der Waals surface area contributed by atoms with Gasteiger partial charge in [0.15, 0.2) is 0 Å². The van der Waals surface area contributed by atoms with Crippen LogP contribution in [0, 0.1) is 0 Å². The summed E-state index contributed by atoms with van der Waals surface area (Å²) in [6.07, 6.45) is 2.62. The smallest absolute Gasteiger partial charge is 0.0708 e. The molecular weight excluding hydrogens is 288 g/mol. The van der Waals surface area contributed by atoms with Crippen LogP contribution in [-0.4, -0.2) is 36.1 Å². The molecule has 0 N–H and O–H groups in total. The largest absolute Gasteiger partial charge is 0.380 e. The molecule has 0 aromatic rings. The molecule has 72 valence electrons. The summed E-state index contributed by atoms with van der Waals surface area (Å²) in [6.45, 7) is 0. The molecule has 1 aliphatic rings. The van der Waals surface area contributed by atoms with Gasteiger partial charge < -0.3 is 9.47 Å². The summed E-state index contributed by atoms with van der Waals surface area (Å²) < 4.78 is 10.7. The van der Waals surface area contributed by atoms with Crippen LogP contribution in [-0.2, 0) is 9.47 Å². The summed E-state index contributed by atoms with van der Waals surface area (Å²) in [6, 6.07) is 0. The van der Waals surface area contributed by atoms with E-state index in [0.717, 1.165) is 12.8 Å². The fraction of sp³-hybridized carbons (Fsp3) is 1.00. The lowest BCUT2D eigenvalue weighted by molar-refractivity contribution is 0.0165. The van der Waals surface area contributed by atoms with Crippen LogP contribution in [0.3, 0.4) is 0 Å². The van der Waals surface area contributed by atoms with Crippen molar-refractivity contribution in [3.05, 3.63) is 0 Å². The minimum absolute atomic E-state index is 0.306. The average Bonchev–Trinajstić information content (AvgIpc) is 2.08. The predicted molar refractivity (Wildman–Crippen MR) is 56.3 cm³/mol. The van der Waals surface area contributed by atoms with E-state index >= 15 is 0 Å². The first kappa shape index (κ1) is 11.0. The van der Waals surface area contributed by atoms with Crippen molar-refractivity contribution in [2.45, 2.75) is 34.7 Å². The van der Waals surface area contributed by atoms with Gasteiger partial charge in [-0.15, -0.1) is 0 Å². The minimum atomic E-state index is 0.306. The van der Waals surface area contributed by atoms with E-state index in [-0.39, 0.29) is 0 Å². The molecule has 0 radical (unpaired) electrons. The Morgan fingerprint density at radius 1 is 0.917 bits per heavy atom. The molecule has 4 unspecified atom stereocenters. The van der Waals surface area contributed by atoms with Gasteiger partial charge in [0.25, 0.3) is 0 Å². The Morgan fingerprint density at radius 3 is 1.50 bits per heavy atom. The molecule has 1 rings (SSSR count). The van der Waals surface area contributed by atoms with Crippen LogP contribution >= 0.6 is 31.9 Å². The fourth-order valence-corrected chi connectivity index (χ4v) is 3.13. The highest BCUT2D eigenvalue weighted by atomic mass is 79.9. The second kappa shape index (κ2) is 4.94. The molecule has 0 aromatic carbocycles. The van der Waals surface area contributed by atoms with Crippen LogP contribution < -0.4 is 0 Å². The first-order chi connectivity index (χ1) is 5.69. The van der Waals surface area contributed by atoms with E-state index in [4.69, 9.17) is 9.47 Å². The Labute approximate surface area is 90.3 Å². The van der Waals surface area contributed by atoms with Crippen molar-refractivity contribution in [3.8, 4) is 0 Å². The molecule has 0 spiro atoms. The molecule has 4 atom stereocenters. The summed E-state index contributed by atoms with van der Waals surface area (Å²) in [4.78, 5) is 0.836. The van der Waals surface area contributed by atoms with Crippen molar-refractivity contribution in [2.24, 2.45) is 0 Å². The van der Waals surface area contributed by atoms with Crippen LogP contribution in [0.5, 0.6) is 0 Å². The SMILES string of the molecule is COC1CC(Br)C(OC)CC1Br. The number of halogens is 2. The van der Waals surface area contributed by atoms with Gasteiger partial charge in [-0.05, 0) is 12.8 Å². The monoisotopic (exact) mass is 300 g/mol. The molecule has 4 heteroatoms. The average molecular weight is 302 g/mol. The first-order valence-corrected chi connectivity index (χ1v) is 5.86. The quantitative estimate of drug-likeness (QED) is 0.729. The van der Waals surface area contributed by atoms with Crippen LogP contribution in [0.1, 0.15) is 12.8 Å². The van der Waals surface area contributed by atoms with E-state index < -0.39 is 0 Å². The van der Waals surface area contributed by atoms with Crippen LogP contribution in [0.15, 0.2) is 0 Å². The zero-order valence-corrected chi connectivity index (χ0v) is 10.5. The second-order valence-corrected chi connectivity index (χ2v) is 5.40. The number of hydrogen-bond acceptors (Lipinski definition) is 2. The third kappa shape index (κ3) is 2.44. The van der Waals surface area contributed by atoms with Gasteiger partial charge in [0.2, 0.25) is 0 Å². The third-order valence-electron chi connectivity index (χ3n) is 2.33. The number of methoxy groups -OCH3 is 2. The van der Waals surface area contributed by atoms with Crippen LogP contribution in [0.2, 0.25) is 0 Å². The zero-order valence-electron chi connectivity index (χ0n) is 7.30. The molecule has 0 amide bonds. The maximum absolute atomic E-state index is 5.33. The normalized spacial score (nSPS) is 43.0. The number of alkyl halides is 2. The molecule has 12 heavy (non-hydrogen) atoms. The Balaban J connectivity index is 2.49. The van der Waals surface area contributed by atoms with E-state index in [1.807, 2.05) is 0 Å². The fourth-order valence-electron chi connectivity index (χ4n) is 1.53. The Morgan fingerprint density at radius 2 is 1.25 bits per heavy atom. The van der Waals surface area contributed by atoms with Gasteiger partial charge in [0.05, 0.1) is 12.2 Å². The van der Waals surface area contributed by atoms with Gasteiger partial charge in [0.1, 0.15) is 0 Å². The van der Waals surface area contributed by atoms with E-state index in [2.05, 4.69) is 31.9 Å². The summed E-state index contributed by atoms with van der Waals surface area (Å²) >= 11 is 7.20. The zero-order chi connectivity index (χ0) is 9.14. The van der Waals surface area contributed by atoms with Crippen LogP contribution in [0.25, 0.3) is 0 Å². The number of ether oxygens (including phenoxy) is 2. The van der Waals surface area contributed by atoms with Gasteiger partial charge in [-0.2, -0.15) is 0 Å². The molecule has 1 aliphatic carbocycles. The van der Waals surface area contributed by atoms with E-state index in [1.54, 1.807) is 14.2 Å². The van der Waals surface area contributed by atoms with E-state index in [9.17, 15) is 0 Å². The van der Waals surface area contributed by atoms with E-state index in [0.29, 0.717) is 21.9 Å². The van der Waals surface area contributed by atoms with Crippen molar-refractivity contribution in [1.29, 1.82) is 0 Å². The van der Waals surface area contributed by atoms with Crippen molar-refractivity contribution in [3.63, 3.8) is 0 Å². The van der Waals surface area contributed by atoms with Gasteiger partial charge in [-0.25, -0.2) is 0 Å². The highest BCUT2D eigenvalue weighted by Gasteiger charge is 2.34. The van der Waals surface area contributed by atoms with Crippen molar-refractivity contribution in [2.75, 3.05) is 14.2 Å². The lowest BCUT2D eigenvalue weighted by atomic mass is 9.95. The molecule has 2 nitrogen and oxygen atoms in total. The second-order valence-electron chi connectivity index (χ2n) is 3.05.